The van der Waals surface area contributed by atoms with Gasteiger partial charge in [0.1, 0.15) is 0 Å². The molecule has 2 saturated carbocycles. The minimum atomic E-state index is 0.693. The topological polar surface area (TPSA) is 29.3 Å². The number of nitrogens with two attached hydrogens (primary N) is 1. The van der Waals surface area contributed by atoms with Gasteiger partial charge in [-0.25, -0.2) is 0 Å². The average molecular weight is 286 g/mol. The first kappa shape index (κ1) is 15.1. The Hall–Kier alpha value is -0.860. The van der Waals surface area contributed by atoms with Crippen LogP contribution in [0.2, 0.25) is 0 Å². The van der Waals surface area contributed by atoms with E-state index in [1.54, 1.807) is 5.56 Å². The Balaban J connectivity index is 1.69. The van der Waals surface area contributed by atoms with Crippen LogP contribution in [-0.2, 0) is 6.54 Å². The van der Waals surface area contributed by atoms with Gasteiger partial charge in [-0.3, -0.25) is 4.90 Å². The summed E-state index contributed by atoms with van der Waals surface area (Å²) in [5.41, 5.74) is 9.07. The van der Waals surface area contributed by atoms with Gasteiger partial charge in [0.05, 0.1) is 0 Å². The summed E-state index contributed by atoms with van der Waals surface area (Å²) < 4.78 is 0. The monoisotopic (exact) mass is 286 g/mol. The van der Waals surface area contributed by atoms with Crippen LogP contribution in [0.3, 0.4) is 0 Å². The third-order valence-electron chi connectivity index (χ3n) is 5.43. The zero-order valence-electron chi connectivity index (χ0n) is 13.4. The van der Waals surface area contributed by atoms with Crippen molar-refractivity contribution in [2.75, 3.05) is 13.1 Å². The first-order valence-electron chi connectivity index (χ1n) is 8.84. The summed E-state index contributed by atoms with van der Waals surface area (Å²) in [6.45, 7) is 5.38. The van der Waals surface area contributed by atoms with Crippen LogP contribution in [-0.4, -0.2) is 24.0 Å². The standard InChI is InChI=1S/C19H30N2/c1-2-21(19-9-4-3-7-18(19)13-20)14-15-6-5-8-17(12-15)16-10-11-16/h5-6,8,12,16,18-19H,2-4,7,9-11,13-14,20H2,1H3. The number of benzene rings is 1. The highest BCUT2D eigenvalue weighted by atomic mass is 15.2. The number of hydrogen-bond acceptors (Lipinski definition) is 2. The average Bonchev–Trinajstić information content (AvgIpc) is 3.38. The molecule has 0 heterocycles. The van der Waals surface area contributed by atoms with E-state index in [9.17, 15) is 0 Å². The highest BCUT2D eigenvalue weighted by Crippen LogP contribution is 2.40. The van der Waals surface area contributed by atoms with Crippen LogP contribution < -0.4 is 5.73 Å². The minimum absolute atomic E-state index is 0.693. The fourth-order valence-corrected chi connectivity index (χ4v) is 4.00. The third-order valence-corrected chi connectivity index (χ3v) is 5.43. The first-order valence-corrected chi connectivity index (χ1v) is 8.84. The lowest BCUT2D eigenvalue weighted by atomic mass is 9.83. The molecule has 2 unspecified atom stereocenters. The van der Waals surface area contributed by atoms with Crippen molar-refractivity contribution < 1.29 is 0 Å². The smallest absolute Gasteiger partial charge is 0.0236 e. The summed E-state index contributed by atoms with van der Waals surface area (Å²) >= 11 is 0. The van der Waals surface area contributed by atoms with E-state index in [-0.39, 0.29) is 0 Å². The van der Waals surface area contributed by atoms with Gasteiger partial charge in [0.2, 0.25) is 0 Å². The molecule has 116 valence electrons. The van der Waals surface area contributed by atoms with Crippen LogP contribution in [0.15, 0.2) is 24.3 Å². The van der Waals surface area contributed by atoms with Crippen LogP contribution in [0.5, 0.6) is 0 Å². The van der Waals surface area contributed by atoms with E-state index in [0.717, 1.165) is 25.6 Å². The molecular formula is C19H30N2. The molecule has 2 aliphatic rings. The fourth-order valence-electron chi connectivity index (χ4n) is 4.00. The summed E-state index contributed by atoms with van der Waals surface area (Å²) in [6, 6.07) is 9.99. The van der Waals surface area contributed by atoms with Gasteiger partial charge < -0.3 is 5.73 Å². The van der Waals surface area contributed by atoms with Crippen molar-refractivity contribution in [2.24, 2.45) is 11.7 Å². The normalized spacial score (nSPS) is 26.2. The minimum Gasteiger partial charge on any atom is -0.330 e. The lowest BCUT2D eigenvalue weighted by molar-refractivity contribution is 0.105. The van der Waals surface area contributed by atoms with Crippen LogP contribution in [0.4, 0.5) is 0 Å². The highest BCUT2D eigenvalue weighted by Gasteiger charge is 2.29. The van der Waals surface area contributed by atoms with Gasteiger partial charge in [0, 0.05) is 12.6 Å². The molecule has 2 N–H and O–H groups in total. The molecule has 2 heteroatoms. The van der Waals surface area contributed by atoms with Crippen LogP contribution >= 0.6 is 0 Å². The van der Waals surface area contributed by atoms with Gasteiger partial charge in [-0.05, 0) is 61.7 Å². The first-order chi connectivity index (χ1) is 10.3. The summed E-state index contributed by atoms with van der Waals surface area (Å²) in [5.74, 6) is 1.55. The van der Waals surface area contributed by atoms with Crippen molar-refractivity contribution in [2.45, 2.75) is 64.0 Å². The molecule has 2 nitrogen and oxygen atoms in total. The molecule has 0 bridgehead atoms. The quantitative estimate of drug-likeness (QED) is 0.859. The molecule has 2 aliphatic carbocycles. The lowest BCUT2D eigenvalue weighted by Gasteiger charge is -2.39. The van der Waals surface area contributed by atoms with E-state index in [1.807, 2.05) is 0 Å². The predicted octanol–water partition coefficient (Wildman–Crippen LogP) is 3.90. The Bertz CT molecular complexity index is 453. The molecule has 0 aliphatic heterocycles. The predicted molar refractivity (Wildman–Crippen MR) is 89.3 cm³/mol. The SMILES string of the molecule is CCN(Cc1cccc(C2CC2)c1)C1CCCCC1CN. The molecule has 21 heavy (non-hydrogen) atoms. The third kappa shape index (κ3) is 3.67. The van der Waals surface area contributed by atoms with E-state index >= 15 is 0 Å². The summed E-state index contributed by atoms with van der Waals surface area (Å²) in [5, 5.41) is 0. The molecular weight excluding hydrogens is 256 g/mol. The highest BCUT2D eigenvalue weighted by molar-refractivity contribution is 5.29. The van der Waals surface area contributed by atoms with E-state index in [2.05, 4.69) is 36.1 Å². The maximum absolute atomic E-state index is 6.02. The van der Waals surface area contributed by atoms with Crippen LogP contribution in [0.1, 0.15) is 62.5 Å². The van der Waals surface area contributed by atoms with E-state index in [4.69, 9.17) is 5.73 Å². The van der Waals surface area contributed by atoms with Crippen LogP contribution in [0, 0.1) is 5.92 Å². The molecule has 2 atom stereocenters. The van der Waals surface area contributed by atoms with Gasteiger partial charge in [-0.15, -0.1) is 0 Å². The van der Waals surface area contributed by atoms with Crippen molar-refractivity contribution in [3.8, 4) is 0 Å². The summed E-state index contributed by atoms with van der Waals surface area (Å²) in [7, 11) is 0. The Kier molecular flexibility index (Phi) is 4.97. The summed E-state index contributed by atoms with van der Waals surface area (Å²) in [4.78, 5) is 2.67. The number of nitrogens with zero attached hydrogens (tertiary/aromatic N) is 1. The van der Waals surface area contributed by atoms with Crippen molar-refractivity contribution in [1.82, 2.24) is 4.90 Å². The molecule has 0 amide bonds. The van der Waals surface area contributed by atoms with Gasteiger partial charge in [0.15, 0.2) is 0 Å². The largest absolute Gasteiger partial charge is 0.330 e. The second-order valence-corrected chi connectivity index (χ2v) is 6.93. The summed E-state index contributed by atoms with van der Waals surface area (Å²) in [6.07, 6.45) is 8.17. The molecule has 1 aromatic rings. The second-order valence-electron chi connectivity index (χ2n) is 6.93. The van der Waals surface area contributed by atoms with Crippen molar-refractivity contribution in [3.05, 3.63) is 35.4 Å². The van der Waals surface area contributed by atoms with Gasteiger partial charge in [0.25, 0.3) is 0 Å². The zero-order valence-corrected chi connectivity index (χ0v) is 13.4. The number of rotatable bonds is 6. The molecule has 1 aromatic carbocycles. The van der Waals surface area contributed by atoms with Gasteiger partial charge in [-0.2, -0.15) is 0 Å². The second kappa shape index (κ2) is 6.93. The molecule has 2 fully saturated rings. The molecule has 0 saturated heterocycles. The van der Waals surface area contributed by atoms with E-state index < -0.39 is 0 Å². The van der Waals surface area contributed by atoms with Crippen molar-refractivity contribution in [3.63, 3.8) is 0 Å². The van der Waals surface area contributed by atoms with Crippen LogP contribution in [0.25, 0.3) is 0 Å². The van der Waals surface area contributed by atoms with E-state index in [1.165, 1.54) is 44.1 Å². The van der Waals surface area contributed by atoms with Crippen molar-refractivity contribution in [1.29, 1.82) is 0 Å². The molecule has 0 aromatic heterocycles. The maximum atomic E-state index is 6.02. The molecule has 0 radical (unpaired) electrons. The Labute approximate surface area is 129 Å². The fraction of sp³-hybridized carbons (Fsp3) is 0.684. The Morgan fingerprint density at radius 2 is 1.95 bits per heavy atom. The zero-order chi connectivity index (χ0) is 14.7. The maximum Gasteiger partial charge on any atom is 0.0236 e. The Morgan fingerprint density at radius 3 is 2.67 bits per heavy atom. The number of hydrogen-bond donors (Lipinski definition) is 1. The lowest BCUT2D eigenvalue weighted by Crippen LogP contribution is -2.44. The van der Waals surface area contributed by atoms with E-state index in [0.29, 0.717) is 12.0 Å². The van der Waals surface area contributed by atoms with Gasteiger partial charge >= 0.3 is 0 Å². The van der Waals surface area contributed by atoms with Gasteiger partial charge in [-0.1, -0.05) is 44.0 Å². The Morgan fingerprint density at radius 1 is 1.14 bits per heavy atom. The molecule has 3 rings (SSSR count). The molecule has 0 spiro atoms. The van der Waals surface area contributed by atoms with Crippen molar-refractivity contribution >= 4 is 0 Å².